The van der Waals surface area contributed by atoms with Crippen LogP contribution in [0, 0.1) is 5.82 Å². The highest BCUT2D eigenvalue weighted by Gasteiger charge is 2.14. The molecule has 1 aromatic carbocycles. The van der Waals surface area contributed by atoms with Crippen LogP contribution in [0.3, 0.4) is 0 Å². The van der Waals surface area contributed by atoms with Crippen LogP contribution in [0.4, 0.5) is 4.39 Å². The molecule has 98 valence electrons. The molecule has 0 fully saturated rings. The van der Waals surface area contributed by atoms with Crippen LogP contribution in [0.2, 0.25) is 0 Å². The average molecular weight is 267 g/mol. The van der Waals surface area contributed by atoms with Crippen molar-refractivity contribution in [3.8, 4) is 11.6 Å². The molecule has 0 saturated carbocycles. The van der Waals surface area contributed by atoms with Gasteiger partial charge in [-0.05, 0) is 36.4 Å². The quantitative estimate of drug-likeness (QED) is 0.530. The number of hydrogen-bond donors (Lipinski definition) is 0. The van der Waals surface area contributed by atoms with Gasteiger partial charge in [-0.15, -0.1) is 0 Å². The average Bonchev–Trinajstić information content (AvgIpc) is 3.00. The summed E-state index contributed by atoms with van der Waals surface area (Å²) in [6.45, 7) is 0. The van der Waals surface area contributed by atoms with Crippen molar-refractivity contribution >= 4 is 22.1 Å². The van der Waals surface area contributed by atoms with Crippen LogP contribution in [0.5, 0.6) is 0 Å². The number of halogens is 1. The van der Waals surface area contributed by atoms with Crippen molar-refractivity contribution < 1.29 is 8.81 Å². The van der Waals surface area contributed by atoms with Gasteiger partial charge in [0.2, 0.25) is 0 Å². The Morgan fingerprint density at radius 1 is 1.20 bits per heavy atom. The van der Waals surface area contributed by atoms with Crippen LogP contribution in [0.1, 0.15) is 0 Å². The largest absolute Gasteiger partial charge is 0.453 e. The second-order valence-electron chi connectivity index (χ2n) is 4.63. The zero-order valence-corrected chi connectivity index (χ0v) is 10.7. The van der Waals surface area contributed by atoms with Gasteiger partial charge in [0.1, 0.15) is 11.4 Å². The lowest BCUT2D eigenvalue weighted by Gasteiger charge is -1.97. The third-order valence-electron chi connectivity index (χ3n) is 3.36. The van der Waals surface area contributed by atoms with Crippen molar-refractivity contribution in [2.45, 2.75) is 0 Å². The molecule has 0 radical (unpaired) electrons. The summed E-state index contributed by atoms with van der Waals surface area (Å²) in [5, 5.41) is 0.722. The van der Waals surface area contributed by atoms with E-state index in [1.54, 1.807) is 18.3 Å². The lowest BCUT2D eigenvalue weighted by atomic mass is 10.2. The van der Waals surface area contributed by atoms with E-state index in [4.69, 9.17) is 4.42 Å². The number of aryl methyl sites for hydroxylation is 1. The molecular weight excluding hydrogens is 257 g/mol. The van der Waals surface area contributed by atoms with Crippen LogP contribution < -0.4 is 0 Å². The molecule has 0 unspecified atom stereocenters. The number of pyridine rings is 1. The van der Waals surface area contributed by atoms with E-state index in [0.717, 1.165) is 10.9 Å². The molecule has 0 aliphatic heterocycles. The van der Waals surface area contributed by atoms with Gasteiger partial charge in [-0.2, -0.15) is 0 Å². The van der Waals surface area contributed by atoms with Gasteiger partial charge in [0.15, 0.2) is 17.2 Å². The highest BCUT2D eigenvalue weighted by molar-refractivity contribution is 5.83. The minimum absolute atomic E-state index is 0.281. The summed E-state index contributed by atoms with van der Waals surface area (Å²) in [6.07, 6.45) is 1.70. The molecule has 0 aliphatic rings. The Morgan fingerprint density at radius 3 is 2.95 bits per heavy atom. The zero-order valence-electron chi connectivity index (χ0n) is 10.7. The number of fused-ring (bicyclic) bond motifs is 2. The standard InChI is InChI=1S/C15H10FN3O/c1-19-11-3-2-6-17-14(11)18-15(19)13-8-9-7-10(16)4-5-12(9)20-13/h2-8H,1H3. The van der Waals surface area contributed by atoms with Gasteiger partial charge in [-0.25, -0.2) is 14.4 Å². The number of hydrogen-bond acceptors (Lipinski definition) is 3. The molecule has 3 heterocycles. The van der Waals surface area contributed by atoms with Crippen LogP contribution >= 0.6 is 0 Å². The fraction of sp³-hybridized carbons (Fsp3) is 0.0667. The van der Waals surface area contributed by atoms with Gasteiger partial charge >= 0.3 is 0 Å². The van der Waals surface area contributed by atoms with Crippen LogP contribution in [-0.2, 0) is 7.05 Å². The maximum atomic E-state index is 13.2. The van der Waals surface area contributed by atoms with Crippen molar-refractivity contribution in [1.82, 2.24) is 14.5 Å². The summed E-state index contributed by atoms with van der Waals surface area (Å²) in [6, 6.07) is 10.0. The molecule has 4 nitrogen and oxygen atoms in total. The fourth-order valence-corrected chi connectivity index (χ4v) is 2.37. The first-order valence-electron chi connectivity index (χ1n) is 6.19. The molecule has 4 rings (SSSR count). The summed E-state index contributed by atoms with van der Waals surface area (Å²) in [5.41, 5.74) is 2.23. The van der Waals surface area contributed by atoms with Gasteiger partial charge in [0.25, 0.3) is 0 Å². The molecule has 0 saturated heterocycles. The normalized spacial score (nSPS) is 11.5. The summed E-state index contributed by atoms with van der Waals surface area (Å²) in [7, 11) is 1.90. The van der Waals surface area contributed by atoms with E-state index < -0.39 is 0 Å². The van der Waals surface area contributed by atoms with Gasteiger partial charge < -0.3 is 8.98 Å². The summed E-state index contributed by atoms with van der Waals surface area (Å²) < 4.78 is 20.9. The topological polar surface area (TPSA) is 43.9 Å². The van der Waals surface area contributed by atoms with Crippen molar-refractivity contribution in [2.24, 2.45) is 7.05 Å². The van der Waals surface area contributed by atoms with Gasteiger partial charge in [0.05, 0.1) is 5.52 Å². The van der Waals surface area contributed by atoms with Gasteiger partial charge in [0, 0.05) is 18.6 Å². The third kappa shape index (κ3) is 1.53. The summed E-state index contributed by atoms with van der Waals surface area (Å²) >= 11 is 0. The minimum Gasteiger partial charge on any atom is -0.453 e. The zero-order chi connectivity index (χ0) is 13.7. The number of imidazole rings is 1. The fourth-order valence-electron chi connectivity index (χ4n) is 2.37. The summed E-state index contributed by atoms with van der Waals surface area (Å²) in [5.74, 6) is 0.998. The lowest BCUT2D eigenvalue weighted by molar-refractivity contribution is 0.614. The molecule has 5 heteroatoms. The first kappa shape index (κ1) is 11.2. The van der Waals surface area contributed by atoms with E-state index in [9.17, 15) is 4.39 Å². The monoisotopic (exact) mass is 267 g/mol. The van der Waals surface area contributed by atoms with E-state index in [1.807, 2.05) is 23.7 Å². The smallest absolute Gasteiger partial charge is 0.178 e. The minimum atomic E-state index is -0.281. The maximum absolute atomic E-state index is 13.2. The molecular formula is C15H10FN3O. The van der Waals surface area contributed by atoms with Gasteiger partial charge in [-0.1, -0.05) is 0 Å². The van der Waals surface area contributed by atoms with Crippen LogP contribution in [-0.4, -0.2) is 14.5 Å². The van der Waals surface area contributed by atoms with E-state index in [2.05, 4.69) is 9.97 Å². The Balaban J connectivity index is 1.98. The van der Waals surface area contributed by atoms with E-state index in [-0.39, 0.29) is 5.82 Å². The number of benzene rings is 1. The number of furan rings is 1. The Bertz CT molecular complexity index is 939. The second-order valence-corrected chi connectivity index (χ2v) is 4.63. The van der Waals surface area contributed by atoms with Gasteiger partial charge in [-0.3, -0.25) is 0 Å². The van der Waals surface area contributed by atoms with Crippen LogP contribution in [0.15, 0.2) is 47.0 Å². The highest BCUT2D eigenvalue weighted by atomic mass is 19.1. The van der Waals surface area contributed by atoms with E-state index in [0.29, 0.717) is 22.8 Å². The predicted molar refractivity (Wildman–Crippen MR) is 73.7 cm³/mol. The van der Waals surface area contributed by atoms with Crippen molar-refractivity contribution in [3.05, 3.63) is 48.4 Å². The number of nitrogens with zero attached hydrogens (tertiary/aromatic N) is 3. The number of rotatable bonds is 1. The third-order valence-corrected chi connectivity index (χ3v) is 3.36. The molecule has 0 atom stereocenters. The molecule has 20 heavy (non-hydrogen) atoms. The number of aromatic nitrogens is 3. The first-order valence-corrected chi connectivity index (χ1v) is 6.19. The first-order chi connectivity index (χ1) is 9.72. The molecule has 3 aromatic heterocycles. The van der Waals surface area contributed by atoms with Crippen molar-refractivity contribution in [3.63, 3.8) is 0 Å². The van der Waals surface area contributed by atoms with Crippen molar-refractivity contribution in [2.75, 3.05) is 0 Å². The molecule has 0 bridgehead atoms. The van der Waals surface area contributed by atoms with E-state index in [1.165, 1.54) is 12.1 Å². The molecule has 4 aromatic rings. The highest BCUT2D eigenvalue weighted by Crippen LogP contribution is 2.29. The second kappa shape index (κ2) is 3.90. The molecule has 0 aliphatic carbocycles. The maximum Gasteiger partial charge on any atom is 0.178 e. The SMILES string of the molecule is Cn1c(-c2cc3cc(F)ccc3o2)nc2ncccc21. The summed E-state index contributed by atoms with van der Waals surface area (Å²) in [4.78, 5) is 8.69. The van der Waals surface area contributed by atoms with Crippen LogP contribution in [0.25, 0.3) is 33.7 Å². The van der Waals surface area contributed by atoms with Crippen molar-refractivity contribution in [1.29, 1.82) is 0 Å². The Morgan fingerprint density at radius 2 is 2.10 bits per heavy atom. The Labute approximate surface area is 113 Å². The predicted octanol–water partition coefficient (Wildman–Crippen LogP) is 3.52. The Hall–Kier alpha value is -2.69. The molecule has 0 spiro atoms. The molecule has 0 amide bonds. The lowest BCUT2D eigenvalue weighted by Crippen LogP contribution is -1.90. The Kier molecular flexibility index (Phi) is 2.18. The van der Waals surface area contributed by atoms with E-state index >= 15 is 0 Å². The molecule has 0 N–H and O–H groups in total.